The topological polar surface area (TPSA) is 81.7 Å². The highest BCUT2D eigenvalue weighted by molar-refractivity contribution is 5.82. The summed E-state index contributed by atoms with van der Waals surface area (Å²) in [6.07, 6.45) is 4.40. The van der Waals surface area contributed by atoms with Crippen molar-refractivity contribution in [3.8, 4) is 0 Å². The first-order valence-corrected chi connectivity index (χ1v) is 7.04. The Morgan fingerprint density at radius 1 is 1.32 bits per heavy atom. The van der Waals surface area contributed by atoms with Crippen LogP contribution in [0.15, 0.2) is 0 Å². The minimum absolute atomic E-state index is 0.281. The summed E-state index contributed by atoms with van der Waals surface area (Å²) in [5.41, 5.74) is 2.78. The van der Waals surface area contributed by atoms with E-state index in [4.69, 9.17) is 5.11 Å². The number of carboxylic acid groups (broad SMARTS) is 1. The third kappa shape index (κ3) is 4.70. The standard InChI is InChI=1S/C13H25N3O3/c1-4-6-11(12(17)18)14-13(19)15-16-9(2)7-5-8-10(16)3/h9-11H,4-8H2,1-3H3,(H,17,18)(H2,14,15,19)/t9?,10?,11-/m1/s1. The molecule has 0 aromatic heterocycles. The minimum Gasteiger partial charge on any atom is -0.480 e. The molecule has 1 fully saturated rings. The average Bonchev–Trinajstić information content (AvgIpc) is 2.33. The molecule has 0 aromatic rings. The smallest absolute Gasteiger partial charge is 0.330 e. The van der Waals surface area contributed by atoms with Gasteiger partial charge in [0.25, 0.3) is 0 Å². The van der Waals surface area contributed by atoms with Gasteiger partial charge in [0.05, 0.1) is 0 Å². The van der Waals surface area contributed by atoms with Gasteiger partial charge in [-0.3, -0.25) is 5.43 Å². The van der Waals surface area contributed by atoms with Crippen molar-refractivity contribution in [2.45, 2.75) is 71.0 Å². The summed E-state index contributed by atoms with van der Waals surface area (Å²) in [6.45, 7) is 6.03. The Kier molecular flexibility index (Phi) is 6.08. The first kappa shape index (κ1) is 15.8. The van der Waals surface area contributed by atoms with Gasteiger partial charge >= 0.3 is 12.0 Å². The van der Waals surface area contributed by atoms with E-state index in [1.807, 2.05) is 11.9 Å². The monoisotopic (exact) mass is 271 g/mol. The van der Waals surface area contributed by atoms with E-state index in [1.165, 1.54) is 0 Å². The summed E-state index contributed by atoms with van der Waals surface area (Å²) in [7, 11) is 0. The van der Waals surface area contributed by atoms with Gasteiger partial charge < -0.3 is 10.4 Å². The maximum Gasteiger partial charge on any atom is 0.330 e. The van der Waals surface area contributed by atoms with Gasteiger partial charge in [0.15, 0.2) is 0 Å². The first-order chi connectivity index (χ1) is 8.95. The summed E-state index contributed by atoms with van der Waals surface area (Å²) >= 11 is 0. The summed E-state index contributed by atoms with van der Waals surface area (Å²) in [5.74, 6) is -0.989. The summed E-state index contributed by atoms with van der Waals surface area (Å²) < 4.78 is 0. The molecular formula is C13H25N3O3. The van der Waals surface area contributed by atoms with E-state index < -0.39 is 18.0 Å². The summed E-state index contributed by atoms with van der Waals surface area (Å²) in [4.78, 5) is 22.9. The molecule has 1 aliphatic heterocycles. The molecular weight excluding hydrogens is 246 g/mol. The largest absolute Gasteiger partial charge is 0.480 e. The number of carboxylic acids is 1. The Bertz CT molecular complexity index is 312. The number of hydrogen-bond acceptors (Lipinski definition) is 3. The number of aliphatic carboxylic acids is 1. The van der Waals surface area contributed by atoms with Gasteiger partial charge in [-0.25, -0.2) is 14.6 Å². The molecule has 1 heterocycles. The van der Waals surface area contributed by atoms with E-state index in [9.17, 15) is 9.59 Å². The zero-order valence-corrected chi connectivity index (χ0v) is 12.0. The Balaban J connectivity index is 2.51. The zero-order chi connectivity index (χ0) is 14.4. The quantitative estimate of drug-likeness (QED) is 0.711. The fourth-order valence-electron chi connectivity index (χ4n) is 2.50. The molecule has 1 aliphatic rings. The fraction of sp³-hybridized carbons (Fsp3) is 0.846. The molecule has 0 saturated carbocycles. The lowest BCUT2D eigenvalue weighted by Crippen LogP contribution is -2.58. The van der Waals surface area contributed by atoms with E-state index in [-0.39, 0.29) is 12.1 Å². The molecule has 0 radical (unpaired) electrons. The third-order valence-electron chi connectivity index (χ3n) is 3.60. The van der Waals surface area contributed by atoms with Crippen LogP contribution < -0.4 is 10.7 Å². The molecule has 19 heavy (non-hydrogen) atoms. The van der Waals surface area contributed by atoms with Gasteiger partial charge in [-0.05, 0) is 33.1 Å². The normalized spacial score (nSPS) is 25.6. The van der Waals surface area contributed by atoms with Gasteiger partial charge in [0, 0.05) is 12.1 Å². The number of carbonyl (C=O) groups is 2. The Labute approximate surface area is 114 Å². The van der Waals surface area contributed by atoms with E-state index in [0.29, 0.717) is 12.8 Å². The molecule has 0 aromatic carbocycles. The van der Waals surface area contributed by atoms with E-state index >= 15 is 0 Å². The highest BCUT2D eigenvalue weighted by Gasteiger charge is 2.27. The lowest BCUT2D eigenvalue weighted by molar-refractivity contribution is -0.139. The number of rotatable bonds is 5. The second-order valence-electron chi connectivity index (χ2n) is 5.30. The van der Waals surface area contributed by atoms with Crippen LogP contribution in [0.1, 0.15) is 52.9 Å². The van der Waals surface area contributed by atoms with Crippen LogP contribution in [0.2, 0.25) is 0 Å². The van der Waals surface area contributed by atoms with Gasteiger partial charge in [0.1, 0.15) is 6.04 Å². The number of piperidine rings is 1. The van der Waals surface area contributed by atoms with Crippen molar-refractivity contribution in [2.75, 3.05) is 0 Å². The molecule has 2 amide bonds. The highest BCUT2D eigenvalue weighted by atomic mass is 16.4. The fourth-order valence-corrected chi connectivity index (χ4v) is 2.50. The van der Waals surface area contributed by atoms with Crippen molar-refractivity contribution in [1.82, 2.24) is 15.8 Å². The van der Waals surface area contributed by atoms with Crippen LogP contribution in [0, 0.1) is 0 Å². The molecule has 6 nitrogen and oxygen atoms in total. The SMILES string of the molecule is CCC[C@@H](NC(=O)NN1C(C)CCCC1C)C(=O)O. The predicted octanol–water partition coefficient (Wildman–Crippen LogP) is 1.72. The molecule has 3 N–H and O–H groups in total. The lowest BCUT2D eigenvalue weighted by Gasteiger charge is -2.38. The number of nitrogens with zero attached hydrogens (tertiary/aromatic N) is 1. The van der Waals surface area contributed by atoms with Gasteiger partial charge in [-0.2, -0.15) is 0 Å². The van der Waals surface area contributed by atoms with Gasteiger partial charge in [-0.15, -0.1) is 0 Å². The molecule has 1 rings (SSSR count). The molecule has 0 aliphatic carbocycles. The third-order valence-corrected chi connectivity index (χ3v) is 3.60. The second kappa shape index (κ2) is 7.33. The number of amides is 2. The molecule has 3 atom stereocenters. The second-order valence-corrected chi connectivity index (χ2v) is 5.30. The number of nitrogens with one attached hydrogen (secondary N) is 2. The molecule has 0 bridgehead atoms. The molecule has 6 heteroatoms. The van der Waals surface area contributed by atoms with Crippen LogP contribution in [0.25, 0.3) is 0 Å². The summed E-state index contributed by atoms with van der Waals surface area (Å²) in [6, 6.07) is -0.685. The van der Waals surface area contributed by atoms with Crippen LogP contribution in [0.4, 0.5) is 4.79 Å². The van der Waals surface area contributed by atoms with E-state index in [1.54, 1.807) is 0 Å². The van der Waals surface area contributed by atoms with Crippen molar-refractivity contribution < 1.29 is 14.7 Å². The molecule has 110 valence electrons. The number of hydrogen-bond donors (Lipinski definition) is 3. The first-order valence-electron chi connectivity index (χ1n) is 7.04. The van der Waals surface area contributed by atoms with Crippen LogP contribution in [0.3, 0.4) is 0 Å². The molecule has 0 spiro atoms. The number of urea groups is 1. The number of carbonyl (C=O) groups excluding carboxylic acids is 1. The molecule has 1 saturated heterocycles. The van der Waals surface area contributed by atoms with Crippen molar-refractivity contribution in [1.29, 1.82) is 0 Å². The van der Waals surface area contributed by atoms with Crippen LogP contribution in [-0.2, 0) is 4.79 Å². The van der Waals surface area contributed by atoms with Crippen molar-refractivity contribution in [2.24, 2.45) is 0 Å². The van der Waals surface area contributed by atoms with E-state index in [2.05, 4.69) is 24.6 Å². The maximum atomic E-state index is 11.9. The lowest BCUT2D eigenvalue weighted by atomic mass is 10.00. The van der Waals surface area contributed by atoms with Crippen LogP contribution >= 0.6 is 0 Å². The highest BCUT2D eigenvalue weighted by Crippen LogP contribution is 2.20. The Morgan fingerprint density at radius 2 is 1.89 bits per heavy atom. The Hall–Kier alpha value is -1.30. The van der Waals surface area contributed by atoms with Crippen molar-refractivity contribution >= 4 is 12.0 Å². The van der Waals surface area contributed by atoms with Crippen molar-refractivity contribution in [3.05, 3.63) is 0 Å². The zero-order valence-electron chi connectivity index (χ0n) is 12.0. The minimum atomic E-state index is -0.989. The summed E-state index contributed by atoms with van der Waals surface area (Å²) in [5, 5.41) is 13.4. The average molecular weight is 271 g/mol. The number of hydrazine groups is 1. The van der Waals surface area contributed by atoms with Gasteiger partial charge in [0.2, 0.25) is 0 Å². The molecule has 2 unspecified atom stereocenters. The van der Waals surface area contributed by atoms with Crippen LogP contribution in [0.5, 0.6) is 0 Å². The maximum absolute atomic E-state index is 11.9. The van der Waals surface area contributed by atoms with Gasteiger partial charge in [-0.1, -0.05) is 19.8 Å². The van der Waals surface area contributed by atoms with Crippen molar-refractivity contribution in [3.63, 3.8) is 0 Å². The van der Waals surface area contributed by atoms with Crippen LogP contribution in [-0.4, -0.2) is 40.2 Å². The predicted molar refractivity (Wildman–Crippen MR) is 72.6 cm³/mol. The van der Waals surface area contributed by atoms with E-state index in [0.717, 1.165) is 19.3 Å². The Morgan fingerprint density at radius 3 is 2.37 bits per heavy atom.